The summed E-state index contributed by atoms with van der Waals surface area (Å²) in [6.07, 6.45) is 10.5. The number of hydrogen-bond donors (Lipinski definition) is 1. The first-order valence-corrected chi connectivity index (χ1v) is 7.77. The summed E-state index contributed by atoms with van der Waals surface area (Å²) in [4.78, 5) is 0. The number of nitrogens with two attached hydrogens (primary N) is 1. The summed E-state index contributed by atoms with van der Waals surface area (Å²) in [5, 5.41) is 0. The molecule has 2 N–H and O–H groups in total. The van der Waals surface area contributed by atoms with Gasteiger partial charge in [0, 0.05) is 13.0 Å². The fraction of sp³-hybridized carbons (Fsp3) is 1.00. The maximum atomic E-state index is 6.19. The van der Waals surface area contributed by atoms with Crippen LogP contribution in [-0.4, -0.2) is 31.5 Å². The number of rotatable bonds is 4. The molecule has 1 spiro atoms. The molecule has 3 heteroatoms. The molecule has 3 unspecified atom stereocenters. The second-order valence-corrected chi connectivity index (χ2v) is 6.52. The highest BCUT2D eigenvalue weighted by Gasteiger charge is 2.43. The minimum absolute atomic E-state index is 0.214. The van der Waals surface area contributed by atoms with Gasteiger partial charge in [0.05, 0.1) is 18.3 Å². The first-order chi connectivity index (χ1) is 8.81. The molecule has 1 aliphatic heterocycles. The van der Waals surface area contributed by atoms with E-state index in [1.165, 1.54) is 38.5 Å². The van der Waals surface area contributed by atoms with Gasteiger partial charge < -0.3 is 15.2 Å². The zero-order valence-electron chi connectivity index (χ0n) is 11.4. The molecule has 18 heavy (non-hydrogen) atoms. The summed E-state index contributed by atoms with van der Waals surface area (Å²) in [7, 11) is 0. The first-order valence-electron chi connectivity index (χ1n) is 7.77. The highest BCUT2D eigenvalue weighted by molar-refractivity contribution is 4.94. The van der Waals surface area contributed by atoms with Crippen LogP contribution in [0.4, 0.5) is 0 Å². The molecular formula is C15H27NO2. The second kappa shape index (κ2) is 5.48. The third-order valence-corrected chi connectivity index (χ3v) is 5.38. The smallest absolute Gasteiger partial charge is 0.0707 e. The van der Waals surface area contributed by atoms with Crippen molar-refractivity contribution >= 4 is 0 Å². The molecular weight excluding hydrogens is 226 g/mol. The van der Waals surface area contributed by atoms with Crippen LogP contribution in [0.25, 0.3) is 0 Å². The Hall–Kier alpha value is -0.120. The summed E-state index contributed by atoms with van der Waals surface area (Å²) < 4.78 is 12.1. The van der Waals surface area contributed by atoms with Crippen molar-refractivity contribution in [1.82, 2.24) is 0 Å². The van der Waals surface area contributed by atoms with Crippen molar-refractivity contribution in [2.24, 2.45) is 17.6 Å². The van der Waals surface area contributed by atoms with Gasteiger partial charge >= 0.3 is 0 Å². The van der Waals surface area contributed by atoms with E-state index in [2.05, 4.69) is 0 Å². The molecule has 3 nitrogen and oxygen atoms in total. The Kier molecular flexibility index (Phi) is 3.92. The Balaban J connectivity index is 1.45. The average molecular weight is 253 g/mol. The molecule has 2 aliphatic carbocycles. The number of hydrogen-bond acceptors (Lipinski definition) is 3. The van der Waals surface area contributed by atoms with Crippen molar-refractivity contribution in [3.63, 3.8) is 0 Å². The largest absolute Gasteiger partial charge is 0.378 e. The second-order valence-electron chi connectivity index (χ2n) is 6.52. The highest BCUT2D eigenvalue weighted by Crippen LogP contribution is 2.43. The summed E-state index contributed by atoms with van der Waals surface area (Å²) in [5.74, 6) is 1.43. The van der Waals surface area contributed by atoms with Crippen molar-refractivity contribution in [3.8, 4) is 0 Å². The Morgan fingerprint density at radius 2 is 1.94 bits per heavy atom. The van der Waals surface area contributed by atoms with Crippen LogP contribution in [-0.2, 0) is 9.47 Å². The van der Waals surface area contributed by atoms with E-state index in [0.29, 0.717) is 12.0 Å². The lowest BCUT2D eigenvalue weighted by atomic mass is 9.74. The monoisotopic (exact) mass is 253 g/mol. The zero-order chi connectivity index (χ0) is 12.4. The van der Waals surface area contributed by atoms with E-state index < -0.39 is 0 Å². The molecule has 3 rings (SSSR count). The molecule has 0 radical (unpaired) electrons. The lowest BCUT2D eigenvalue weighted by molar-refractivity contribution is -0.171. The maximum Gasteiger partial charge on any atom is 0.0707 e. The van der Waals surface area contributed by atoms with Crippen LogP contribution in [0, 0.1) is 11.8 Å². The summed E-state index contributed by atoms with van der Waals surface area (Å²) in [6.45, 7) is 2.67. The van der Waals surface area contributed by atoms with E-state index in [1.807, 2.05) is 0 Å². The van der Waals surface area contributed by atoms with E-state index >= 15 is 0 Å². The predicted octanol–water partition coefficient (Wildman–Crippen LogP) is 2.48. The van der Waals surface area contributed by atoms with Gasteiger partial charge in [0.25, 0.3) is 0 Å². The van der Waals surface area contributed by atoms with Crippen LogP contribution < -0.4 is 5.73 Å². The maximum absolute atomic E-state index is 6.19. The van der Waals surface area contributed by atoms with Crippen molar-refractivity contribution in [2.75, 3.05) is 19.8 Å². The standard InChI is InChI=1S/C15H27NO2/c16-10-12-3-1-4-13(12)11-17-14-5-8-18-15(9-14)6-2-7-15/h12-14H,1-11,16H2. The van der Waals surface area contributed by atoms with Crippen LogP contribution in [0.2, 0.25) is 0 Å². The average Bonchev–Trinajstić information content (AvgIpc) is 2.82. The van der Waals surface area contributed by atoms with Gasteiger partial charge in [0.1, 0.15) is 0 Å². The minimum atomic E-state index is 0.214. The van der Waals surface area contributed by atoms with Gasteiger partial charge in [-0.25, -0.2) is 0 Å². The van der Waals surface area contributed by atoms with Crippen molar-refractivity contribution in [2.45, 2.75) is 63.1 Å². The SMILES string of the molecule is NCC1CCCC1COC1CCOC2(CCC2)C1. The summed E-state index contributed by atoms with van der Waals surface area (Å²) in [5.41, 5.74) is 6.05. The third kappa shape index (κ3) is 2.59. The lowest BCUT2D eigenvalue weighted by Crippen LogP contribution is -2.48. The van der Waals surface area contributed by atoms with Crippen molar-refractivity contribution in [3.05, 3.63) is 0 Å². The van der Waals surface area contributed by atoms with Gasteiger partial charge in [-0.15, -0.1) is 0 Å². The van der Waals surface area contributed by atoms with E-state index in [-0.39, 0.29) is 5.60 Å². The van der Waals surface area contributed by atoms with Crippen LogP contribution in [0.1, 0.15) is 51.4 Å². The lowest BCUT2D eigenvalue weighted by Gasteiger charge is -2.47. The van der Waals surface area contributed by atoms with Gasteiger partial charge in [0.2, 0.25) is 0 Å². The molecule has 2 saturated carbocycles. The molecule has 1 heterocycles. The van der Waals surface area contributed by atoms with E-state index in [4.69, 9.17) is 15.2 Å². The molecule has 3 atom stereocenters. The Morgan fingerprint density at radius 1 is 1.11 bits per heavy atom. The minimum Gasteiger partial charge on any atom is -0.378 e. The van der Waals surface area contributed by atoms with Crippen molar-refractivity contribution in [1.29, 1.82) is 0 Å². The Bertz CT molecular complexity index is 278. The van der Waals surface area contributed by atoms with Gasteiger partial charge in [-0.2, -0.15) is 0 Å². The fourth-order valence-corrected chi connectivity index (χ4v) is 3.95. The molecule has 0 aromatic carbocycles. The van der Waals surface area contributed by atoms with Gasteiger partial charge in [0.15, 0.2) is 0 Å². The highest BCUT2D eigenvalue weighted by atomic mass is 16.5. The molecule has 3 fully saturated rings. The van der Waals surface area contributed by atoms with Gasteiger partial charge in [-0.05, 0) is 56.9 Å². The Labute approximate surface area is 110 Å². The summed E-state index contributed by atoms with van der Waals surface area (Å²) in [6, 6.07) is 0. The summed E-state index contributed by atoms with van der Waals surface area (Å²) >= 11 is 0. The predicted molar refractivity (Wildman–Crippen MR) is 71.4 cm³/mol. The molecule has 104 valence electrons. The molecule has 1 saturated heterocycles. The zero-order valence-corrected chi connectivity index (χ0v) is 11.4. The molecule has 0 bridgehead atoms. The molecule has 0 aromatic heterocycles. The van der Waals surface area contributed by atoms with Crippen LogP contribution in [0.3, 0.4) is 0 Å². The van der Waals surface area contributed by atoms with E-state index in [0.717, 1.165) is 38.5 Å². The van der Waals surface area contributed by atoms with Crippen LogP contribution >= 0.6 is 0 Å². The van der Waals surface area contributed by atoms with Crippen molar-refractivity contribution < 1.29 is 9.47 Å². The molecule has 3 aliphatic rings. The van der Waals surface area contributed by atoms with E-state index in [1.54, 1.807) is 0 Å². The Morgan fingerprint density at radius 3 is 2.67 bits per heavy atom. The molecule has 0 aromatic rings. The normalized spacial score (nSPS) is 38.8. The molecule has 0 amide bonds. The third-order valence-electron chi connectivity index (χ3n) is 5.38. The quantitative estimate of drug-likeness (QED) is 0.837. The topological polar surface area (TPSA) is 44.5 Å². The van der Waals surface area contributed by atoms with Crippen LogP contribution in [0.5, 0.6) is 0 Å². The fourth-order valence-electron chi connectivity index (χ4n) is 3.95. The van der Waals surface area contributed by atoms with Gasteiger partial charge in [-0.1, -0.05) is 6.42 Å². The number of ether oxygens (including phenoxy) is 2. The van der Waals surface area contributed by atoms with E-state index in [9.17, 15) is 0 Å². The van der Waals surface area contributed by atoms with Crippen LogP contribution in [0.15, 0.2) is 0 Å². The van der Waals surface area contributed by atoms with Gasteiger partial charge in [-0.3, -0.25) is 0 Å². The first kappa shape index (κ1) is 12.9.